The van der Waals surface area contributed by atoms with Gasteiger partial charge in [-0.05, 0) is 148 Å². The third kappa shape index (κ3) is 3.37. The number of anilines is 3. The maximum absolute atomic E-state index is 2.62. The predicted molar refractivity (Wildman–Crippen MR) is 196 cm³/mol. The highest BCUT2D eigenvalue weighted by Gasteiger charge is 2.84. The molecule has 0 N–H and O–H groups in total. The molecule has 1 nitrogen and oxygen atoms in total. The van der Waals surface area contributed by atoms with Crippen molar-refractivity contribution >= 4 is 17.1 Å². The third-order valence-corrected chi connectivity index (χ3v) is 15.0. The molecular formula is C46H51N. The zero-order chi connectivity index (χ0) is 32.3. The fraction of sp³-hybridized carbons (Fsp3) is 0.478. The van der Waals surface area contributed by atoms with Gasteiger partial charge < -0.3 is 4.90 Å². The second-order valence-electron chi connectivity index (χ2n) is 18.9. The Kier molecular flexibility index (Phi) is 5.38. The van der Waals surface area contributed by atoms with Crippen LogP contribution in [-0.2, 0) is 21.7 Å². The minimum Gasteiger partial charge on any atom is -0.310 e. The fourth-order valence-electron chi connectivity index (χ4n) is 12.8. The van der Waals surface area contributed by atoms with E-state index in [1.54, 1.807) is 11.1 Å². The monoisotopic (exact) mass is 617 g/mol. The summed E-state index contributed by atoms with van der Waals surface area (Å²) in [5.41, 5.74) is 15.9. The molecule has 6 aliphatic rings. The lowest BCUT2D eigenvalue weighted by Crippen LogP contribution is -2.73. The van der Waals surface area contributed by atoms with Gasteiger partial charge in [-0.1, -0.05) is 103 Å². The molecule has 0 amide bonds. The Hall–Kier alpha value is -3.32. The zero-order valence-corrected chi connectivity index (χ0v) is 29.6. The number of fused-ring (bicyclic) bond motifs is 9. The van der Waals surface area contributed by atoms with E-state index >= 15 is 0 Å². The molecule has 4 fully saturated rings. The van der Waals surface area contributed by atoms with Gasteiger partial charge in [-0.25, -0.2) is 0 Å². The molecule has 0 aliphatic heterocycles. The van der Waals surface area contributed by atoms with Gasteiger partial charge >= 0.3 is 0 Å². The van der Waals surface area contributed by atoms with Crippen molar-refractivity contribution in [2.75, 3.05) is 4.90 Å². The minimum absolute atomic E-state index is 0.117. The number of hydrogen-bond acceptors (Lipinski definition) is 1. The van der Waals surface area contributed by atoms with Gasteiger partial charge in [0.05, 0.1) is 5.69 Å². The molecule has 6 unspecified atom stereocenters. The van der Waals surface area contributed by atoms with Crippen LogP contribution < -0.4 is 4.90 Å². The first-order valence-corrected chi connectivity index (χ1v) is 18.7. The second kappa shape index (κ2) is 8.82. The van der Waals surface area contributed by atoms with Crippen molar-refractivity contribution in [3.63, 3.8) is 0 Å². The fourth-order valence-corrected chi connectivity index (χ4v) is 12.8. The lowest BCUT2D eigenvalue weighted by molar-refractivity contribution is -0.231. The van der Waals surface area contributed by atoms with E-state index < -0.39 is 0 Å². The van der Waals surface area contributed by atoms with E-state index in [0.717, 1.165) is 23.7 Å². The van der Waals surface area contributed by atoms with Crippen LogP contribution >= 0.6 is 0 Å². The highest BCUT2D eigenvalue weighted by Crippen LogP contribution is 2.89. The highest BCUT2D eigenvalue weighted by atomic mass is 15.1. The molecule has 240 valence electrons. The molecule has 4 saturated carbocycles. The van der Waals surface area contributed by atoms with E-state index in [1.807, 2.05) is 0 Å². The van der Waals surface area contributed by atoms with Gasteiger partial charge in [0.25, 0.3) is 0 Å². The van der Waals surface area contributed by atoms with E-state index in [2.05, 4.69) is 138 Å². The lowest BCUT2D eigenvalue weighted by Gasteiger charge is -2.76. The third-order valence-electron chi connectivity index (χ3n) is 15.0. The molecule has 0 heterocycles. The number of rotatable bonds is 3. The maximum Gasteiger partial charge on any atom is 0.0543 e. The van der Waals surface area contributed by atoms with E-state index in [4.69, 9.17) is 0 Å². The van der Waals surface area contributed by atoms with Crippen LogP contribution in [0.2, 0.25) is 0 Å². The normalized spacial score (nSPS) is 32.6. The molecule has 47 heavy (non-hydrogen) atoms. The molecular weight excluding hydrogens is 567 g/mol. The molecule has 2 bridgehead atoms. The first-order valence-electron chi connectivity index (χ1n) is 18.7. The lowest BCUT2D eigenvalue weighted by atomic mass is 9.27. The molecule has 0 radical (unpaired) electrons. The summed E-state index contributed by atoms with van der Waals surface area (Å²) in [6.07, 6.45) is 8.37. The Balaban J connectivity index is 1.21. The molecule has 1 heteroatoms. The van der Waals surface area contributed by atoms with Crippen molar-refractivity contribution in [3.05, 3.63) is 113 Å². The molecule has 0 aromatic heterocycles. The van der Waals surface area contributed by atoms with E-state index in [0.29, 0.717) is 5.41 Å². The first kappa shape index (κ1) is 28.7. The Morgan fingerprint density at radius 2 is 1.32 bits per heavy atom. The molecule has 4 aromatic carbocycles. The van der Waals surface area contributed by atoms with Crippen molar-refractivity contribution in [3.8, 4) is 11.1 Å². The summed E-state index contributed by atoms with van der Waals surface area (Å²) in [6, 6.07) is 34.0. The quantitative estimate of drug-likeness (QED) is 0.221. The average Bonchev–Trinajstić information content (AvgIpc) is 3.67. The Morgan fingerprint density at radius 1 is 0.638 bits per heavy atom. The van der Waals surface area contributed by atoms with Crippen LogP contribution in [0.4, 0.5) is 17.1 Å². The van der Waals surface area contributed by atoms with Crippen molar-refractivity contribution < 1.29 is 0 Å². The first-order chi connectivity index (χ1) is 22.4. The minimum atomic E-state index is 0.117. The van der Waals surface area contributed by atoms with Crippen molar-refractivity contribution in [1.29, 1.82) is 0 Å². The Labute approximate surface area is 282 Å². The van der Waals surface area contributed by atoms with Crippen LogP contribution in [0.3, 0.4) is 0 Å². The topological polar surface area (TPSA) is 3.24 Å². The van der Waals surface area contributed by atoms with Gasteiger partial charge in [0, 0.05) is 22.4 Å². The van der Waals surface area contributed by atoms with Crippen LogP contribution in [-0.4, -0.2) is 0 Å². The summed E-state index contributed by atoms with van der Waals surface area (Å²) in [5.74, 6) is 3.61. The number of benzene rings is 4. The summed E-state index contributed by atoms with van der Waals surface area (Å²) in [7, 11) is 0. The predicted octanol–water partition coefficient (Wildman–Crippen LogP) is 12.1. The summed E-state index contributed by atoms with van der Waals surface area (Å²) in [4.78, 5) is 2.62. The van der Waals surface area contributed by atoms with Gasteiger partial charge in [-0.3, -0.25) is 0 Å². The molecule has 4 aromatic rings. The Morgan fingerprint density at radius 3 is 2.06 bits per heavy atom. The van der Waals surface area contributed by atoms with Crippen LogP contribution in [0.15, 0.2) is 84.9 Å². The summed E-state index contributed by atoms with van der Waals surface area (Å²) in [6.45, 7) is 16.8. The Bertz CT molecular complexity index is 1970. The number of hydrogen-bond donors (Lipinski definition) is 0. The summed E-state index contributed by atoms with van der Waals surface area (Å²) in [5, 5.41) is 0. The highest BCUT2D eigenvalue weighted by molar-refractivity contribution is 5.96. The smallest absolute Gasteiger partial charge is 0.0543 e. The van der Waals surface area contributed by atoms with Crippen LogP contribution in [0.25, 0.3) is 11.1 Å². The second-order valence-corrected chi connectivity index (χ2v) is 18.9. The average molecular weight is 618 g/mol. The summed E-state index contributed by atoms with van der Waals surface area (Å²) >= 11 is 0. The largest absolute Gasteiger partial charge is 0.310 e. The van der Waals surface area contributed by atoms with E-state index in [9.17, 15) is 0 Å². The van der Waals surface area contributed by atoms with Crippen molar-refractivity contribution in [1.82, 2.24) is 0 Å². The van der Waals surface area contributed by atoms with E-state index in [1.165, 1.54) is 83.4 Å². The van der Waals surface area contributed by atoms with Crippen molar-refractivity contribution in [2.45, 2.75) is 109 Å². The molecule has 6 aliphatic carbocycles. The molecule has 2 spiro atoms. The van der Waals surface area contributed by atoms with Gasteiger partial charge in [0.15, 0.2) is 0 Å². The van der Waals surface area contributed by atoms with Crippen LogP contribution in [0.1, 0.15) is 115 Å². The molecule has 6 atom stereocenters. The molecule has 0 saturated heterocycles. The van der Waals surface area contributed by atoms with E-state index in [-0.39, 0.29) is 21.7 Å². The van der Waals surface area contributed by atoms with Crippen molar-refractivity contribution in [2.24, 2.45) is 29.1 Å². The standard InChI is InChI=1S/C46H51N/c1-42(2,3)29-15-17-31(18-16-29)47(32-19-20-35-37(26-32)44(6,7)22-21-43(35,4)5)38-14-10-13-36-41(38)33-11-8-9-12-34(33)46(36)39-24-28-23-30-25-40(46)45(30,39)27-28/h8-20,26,28,30,39-40H,21-25,27H2,1-7H3. The van der Waals surface area contributed by atoms with Gasteiger partial charge in [0.1, 0.15) is 0 Å². The van der Waals surface area contributed by atoms with Gasteiger partial charge in [-0.15, -0.1) is 0 Å². The molecule has 10 rings (SSSR count). The van der Waals surface area contributed by atoms with Gasteiger partial charge in [-0.2, -0.15) is 0 Å². The van der Waals surface area contributed by atoms with Crippen LogP contribution in [0.5, 0.6) is 0 Å². The van der Waals surface area contributed by atoms with Crippen LogP contribution in [0, 0.1) is 29.1 Å². The van der Waals surface area contributed by atoms with Gasteiger partial charge in [0.2, 0.25) is 0 Å². The number of nitrogens with zero attached hydrogens (tertiary/aromatic N) is 1. The maximum atomic E-state index is 2.62. The zero-order valence-electron chi connectivity index (χ0n) is 29.6. The SMILES string of the molecule is CC(C)(C)c1ccc(N(c2ccc3c(c2)C(C)(C)CCC3(C)C)c2cccc3c2-c2ccccc2C32C3CC4CC5CC2C53C4)cc1. The summed E-state index contributed by atoms with van der Waals surface area (Å²) < 4.78 is 0.